The summed E-state index contributed by atoms with van der Waals surface area (Å²) in [7, 11) is 0. The Kier molecular flexibility index (Phi) is 4.61. The van der Waals surface area contributed by atoms with Gasteiger partial charge in [0.1, 0.15) is 17.2 Å². The summed E-state index contributed by atoms with van der Waals surface area (Å²) in [4.78, 5) is 13.4. The van der Waals surface area contributed by atoms with E-state index in [9.17, 15) is 8.78 Å². The van der Waals surface area contributed by atoms with Crippen LogP contribution in [0.5, 0.6) is 0 Å². The Labute approximate surface area is 154 Å². The third-order valence-corrected chi connectivity index (χ3v) is 4.30. The molecule has 2 N–H and O–H groups in total. The molecular weight excluding hydrogens is 354 g/mol. The molecule has 4 rings (SSSR count). The normalized spacial score (nSPS) is 17.0. The Morgan fingerprint density at radius 2 is 2.11 bits per heavy atom. The molecule has 27 heavy (non-hydrogen) atoms. The molecule has 0 bridgehead atoms. The highest BCUT2D eigenvalue weighted by molar-refractivity contribution is 5.76. The summed E-state index contributed by atoms with van der Waals surface area (Å²) in [6.45, 7) is 5.15. The predicted molar refractivity (Wildman–Crippen MR) is 98.2 cm³/mol. The number of aromatic nitrogens is 4. The summed E-state index contributed by atoms with van der Waals surface area (Å²) in [5.74, 6) is -0.408. The number of benzene rings is 1. The second-order valence-corrected chi connectivity index (χ2v) is 6.77. The van der Waals surface area contributed by atoms with Gasteiger partial charge in [-0.3, -0.25) is 4.57 Å². The van der Waals surface area contributed by atoms with Crippen molar-refractivity contribution >= 4 is 28.7 Å². The van der Waals surface area contributed by atoms with Gasteiger partial charge in [-0.2, -0.15) is 4.98 Å². The molecule has 3 heterocycles. The summed E-state index contributed by atoms with van der Waals surface area (Å²) >= 11 is 0. The van der Waals surface area contributed by atoms with E-state index < -0.39 is 11.6 Å². The van der Waals surface area contributed by atoms with E-state index in [1.54, 1.807) is 6.20 Å². The number of hydrogen-bond donors (Lipinski definition) is 2. The molecule has 0 saturated carbocycles. The Hall–Kier alpha value is -2.81. The molecule has 1 atom stereocenters. The van der Waals surface area contributed by atoms with Gasteiger partial charge < -0.3 is 15.4 Å². The van der Waals surface area contributed by atoms with E-state index in [4.69, 9.17) is 4.74 Å². The van der Waals surface area contributed by atoms with E-state index >= 15 is 0 Å². The SMILES string of the molecule is CC(C)Nc1ncc2nc(Nc3ccc(F)cc3F)n([C@@H]3CCOC3)c2n1. The summed E-state index contributed by atoms with van der Waals surface area (Å²) in [5, 5.41) is 6.13. The number of nitrogens with zero attached hydrogens (tertiary/aromatic N) is 4. The molecule has 1 aliphatic rings. The molecule has 0 aliphatic carbocycles. The van der Waals surface area contributed by atoms with E-state index in [1.165, 1.54) is 12.1 Å². The summed E-state index contributed by atoms with van der Waals surface area (Å²) in [6.07, 6.45) is 2.43. The second kappa shape index (κ2) is 7.07. The van der Waals surface area contributed by atoms with Gasteiger partial charge >= 0.3 is 0 Å². The second-order valence-electron chi connectivity index (χ2n) is 6.77. The van der Waals surface area contributed by atoms with Crippen molar-refractivity contribution < 1.29 is 13.5 Å². The molecular formula is C18H20F2N6O. The average Bonchev–Trinajstić information content (AvgIpc) is 3.23. The molecule has 7 nitrogen and oxygen atoms in total. The molecule has 2 aromatic heterocycles. The van der Waals surface area contributed by atoms with Gasteiger partial charge in [-0.1, -0.05) is 0 Å². The number of fused-ring (bicyclic) bond motifs is 1. The first-order valence-corrected chi connectivity index (χ1v) is 8.82. The minimum absolute atomic E-state index is 0.0165. The van der Waals surface area contributed by atoms with Gasteiger partial charge in [0.2, 0.25) is 11.9 Å². The Morgan fingerprint density at radius 1 is 1.26 bits per heavy atom. The number of anilines is 3. The minimum Gasteiger partial charge on any atom is -0.379 e. The van der Waals surface area contributed by atoms with Gasteiger partial charge in [0, 0.05) is 18.7 Å². The molecule has 3 aromatic rings. The van der Waals surface area contributed by atoms with Gasteiger partial charge in [0.25, 0.3) is 0 Å². The van der Waals surface area contributed by atoms with Crippen LogP contribution in [0, 0.1) is 11.6 Å². The van der Waals surface area contributed by atoms with E-state index in [2.05, 4.69) is 25.6 Å². The quantitative estimate of drug-likeness (QED) is 0.710. The first-order chi connectivity index (χ1) is 13.0. The first-order valence-electron chi connectivity index (χ1n) is 8.82. The smallest absolute Gasteiger partial charge is 0.224 e. The molecule has 1 fully saturated rings. The average molecular weight is 374 g/mol. The fourth-order valence-electron chi connectivity index (χ4n) is 3.09. The maximum Gasteiger partial charge on any atom is 0.224 e. The van der Waals surface area contributed by atoms with Crippen LogP contribution in [0.3, 0.4) is 0 Å². The molecule has 1 aliphatic heterocycles. The van der Waals surface area contributed by atoms with Gasteiger partial charge in [0.15, 0.2) is 5.65 Å². The Balaban J connectivity index is 1.79. The lowest BCUT2D eigenvalue weighted by Gasteiger charge is -2.16. The van der Waals surface area contributed by atoms with Crippen molar-refractivity contribution in [3.63, 3.8) is 0 Å². The van der Waals surface area contributed by atoms with Crippen LogP contribution < -0.4 is 10.6 Å². The third-order valence-electron chi connectivity index (χ3n) is 4.30. The number of hydrogen-bond acceptors (Lipinski definition) is 6. The highest BCUT2D eigenvalue weighted by atomic mass is 19.1. The zero-order valence-electron chi connectivity index (χ0n) is 15.0. The highest BCUT2D eigenvalue weighted by Crippen LogP contribution is 2.31. The number of nitrogens with one attached hydrogen (secondary N) is 2. The van der Waals surface area contributed by atoms with Crippen molar-refractivity contribution in [3.8, 4) is 0 Å². The zero-order valence-corrected chi connectivity index (χ0v) is 15.0. The minimum atomic E-state index is -0.690. The van der Waals surface area contributed by atoms with Crippen molar-refractivity contribution in [1.82, 2.24) is 19.5 Å². The topological polar surface area (TPSA) is 76.9 Å². The van der Waals surface area contributed by atoms with Crippen LogP contribution in [0.2, 0.25) is 0 Å². The van der Waals surface area contributed by atoms with E-state index in [-0.39, 0.29) is 17.8 Å². The van der Waals surface area contributed by atoms with Crippen molar-refractivity contribution in [2.75, 3.05) is 23.8 Å². The van der Waals surface area contributed by atoms with Gasteiger partial charge in [-0.15, -0.1) is 0 Å². The lowest BCUT2D eigenvalue weighted by Crippen LogP contribution is -2.15. The number of imidazole rings is 1. The Morgan fingerprint density at radius 3 is 2.81 bits per heavy atom. The van der Waals surface area contributed by atoms with Crippen LogP contribution >= 0.6 is 0 Å². The molecule has 1 aromatic carbocycles. The lowest BCUT2D eigenvalue weighted by molar-refractivity contribution is 0.187. The Bertz CT molecular complexity index is 968. The number of ether oxygens (including phenoxy) is 1. The van der Waals surface area contributed by atoms with Crippen LogP contribution in [-0.4, -0.2) is 38.8 Å². The predicted octanol–water partition coefficient (Wildman–Crippen LogP) is 3.63. The summed E-state index contributed by atoms with van der Waals surface area (Å²) < 4.78 is 34.7. The maximum atomic E-state index is 14.1. The van der Waals surface area contributed by atoms with E-state index in [0.717, 1.165) is 12.5 Å². The monoisotopic (exact) mass is 374 g/mol. The lowest BCUT2D eigenvalue weighted by atomic mass is 10.2. The third kappa shape index (κ3) is 3.55. The summed E-state index contributed by atoms with van der Waals surface area (Å²) in [5.41, 5.74) is 1.36. The van der Waals surface area contributed by atoms with Gasteiger partial charge in [0.05, 0.1) is 24.5 Å². The molecule has 0 spiro atoms. The van der Waals surface area contributed by atoms with E-state index in [1.807, 2.05) is 18.4 Å². The highest BCUT2D eigenvalue weighted by Gasteiger charge is 2.25. The first kappa shape index (κ1) is 17.6. The number of rotatable bonds is 5. The number of halogens is 2. The molecule has 0 amide bonds. The van der Waals surface area contributed by atoms with Crippen molar-refractivity contribution in [2.45, 2.75) is 32.4 Å². The summed E-state index contributed by atoms with van der Waals surface area (Å²) in [6, 6.07) is 3.57. The molecule has 1 saturated heterocycles. The van der Waals surface area contributed by atoms with Crippen LogP contribution in [-0.2, 0) is 4.74 Å². The molecule has 9 heteroatoms. The van der Waals surface area contributed by atoms with Crippen LogP contribution in [0.15, 0.2) is 24.4 Å². The fourth-order valence-corrected chi connectivity index (χ4v) is 3.09. The van der Waals surface area contributed by atoms with Gasteiger partial charge in [-0.25, -0.2) is 18.7 Å². The van der Waals surface area contributed by atoms with Crippen molar-refractivity contribution in [3.05, 3.63) is 36.0 Å². The zero-order chi connectivity index (χ0) is 19.0. The molecule has 0 radical (unpaired) electrons. The van der Waals surface area contributed by atoms with E-state index in [0.29, 0.717) is 36.3 Å². The van der Waals surface area contributed by atoms with Crippen LogP contribution in [0.4, 0.5) is 26.4 Å². The fraction of sp³-hybridized carbons (Fsp3) is 0.389. The van der Waals surface area contributed by atoms with Crippen LogP contribution in [0.25, 0.3) is 11.2 Å². The van der Waals surface area contributed by atoms with Crippen LogP contribution in [0.1, 0.15) is 26.3 Å². The molecule has 142 valence electrons. The van der Waals surface area contributed by atoms with Crippen molar-refractivity contribution in [2.24, 2.45) is 0 Å². The van der Waals surface area contributed by atoms with Crippen molar-refractivity contribution in [1.29, 1.82) is 0 Å². The van der Waals surface area contributed by atoms with Gasteiger partial charge in [-0.05, 0) is 32.4 Å². The molecule has 0 unspecified atom stereocenters. The largest absolute Gasteiger partial charge is 0.379 e. The standard InChI is InChI=1S/C18H20F2N6O/c1-10(2)22-17-21-8-15-16(25-17)26(12-5-6-27-9-12)18(24-15)23-14-4-3-11(19)7-13(14)20/h3-4,7-8,10,12H,5-6,9H2,1-2H3,(H,23,24)(H,21,22,25)/t12-/m1/s1. The maximum absolute atomic E-state index is 14.1.